The molecule has 12 heteroatoms. The van der Waals surface area contributed by atoms with Crippen molar-refractivity contribution < 1.29 is 41.9 Å². The summed E-state index contributed by atoms with van der Waals surface area (Å²) in [7, 11) is -4.77. The quantitative estimate of drug-likeness (QED) is 0.327. The topological polar surface area (TPSA) is 133 Å². The fourth-order valence-electron chi connectivity index (χ4n) is 2.72. The first kappa shape index (κ1) is 26.8. The molecule has 2 atom stereocenters. The smallest absolute Gasteiger partial charge is 0.343 e. The first-order chi connectivity index (χ1) is 14.0. The Balaban J connectivity index is 2.96. The first-order valence-corrected chi connectivity index (χ1v) is 11.1. The van der Waals surface area contributed by atoms with Gasteiger partial charge in [-0.2, -0.15) is 13.2 Å². The lowest BCUT2D eigenvalue weighted by Crippen LogP contribution is -2.50. The number of carbonyl (C=O) groups is 3. The predicted octanol–water partition coefficient (Wildman–Crippen LogP) is 3.10. The lowest BCUT2D eigenvalue weighted by molar-refractivity contribution is -0.127. The van der Waals surface area contributed by atoms with Crippen molar-refractivity contribution >= 4 is 30.9 Å². The molecule has 1 rings (SSSR count). The largest absolute Gasteiger partial charge is 0.454 e. The highest BCUT2D eigenvalue weighted by atomic mass is 31.2. The number of alkyl halides is 3. The Kier molecular flexibility index (Phi) is 8.98. The maximum absolute atomic E-state index is 12.6. The standard InChI is InChI=1S/C19H26F3N2O6P/c1-10(2)9-14(31(28,29)30)17(26)24-15(11(3)4)18(27)23-13-7-5-12(6-8-13)16(25)19(20,21)22/h5-8,10-11,14-15H,9H2,1-4H3,(H,23,27)(H,24,26)(H2,28,29,30)/t14-,15+/m1/s1. The molecule has 0 spiro atoms. The average molecular weight is 466 g/mol. The van der Waals surface area contributed by atoms with Crippen molar-refractivity contribution in [3.05, 3.63) is 29.8 Å². The molecule has 0 bridgehead atoms. The van der Waals surface area contributed by atoms with E-state index in [1.54, 1.807) is 27.7 Å². The molecule has 4 N–H and O–H groups in total. The number of rotatable bonds is 9. The molecule has 174 valence electrons. The minimum Gasteiger partial charge on any atom is -0.343 e. The number of hydrogen-bond donors (Lipinski definition) is 4. The Bertz CT molecular complexity index is 849. The second-order valence-corrected chi connectivity index (χ2v) is 9.66. The van der Waals surface area contributed by atoms with E-state index in [0.717, 1.165) is 24.3 Å². The third-order valence-electron chi connectivity index (χ3n) is 4.32. The summed E-state index contributed by atoms with van der Waals surface area (Å²) in [5.41, 5.74) is -2.14. The second kappa shape index (κ2) is 10.4. The predicted molar refractivity (Wildman–Crippen MR) is 108 cm³/mol. The number of halogens is 3. The summed E-state index contributed by atoms with van der Waals surface area (Å²) in [6.07, 6.45) is -5.11. The number of anilines is 1. The molecule has 0 fully saturated rings. The van der Waals surface area contributed by atoms with Gasteiger partial charge < -0.3 is 20.4 Å². The van der Waals surface area contributed by atoms with Crippen LogP contribution >= 0.6 is 7.60 Å². The van der Waals surface area contributed by atoms with Gasteiger partial charge in [-0.05, 0) is 42.5 Å². The molecule has 0 aromatic heterocycles. The van der Waals surface area contributed by atoms with Gasteiger partial charge in [0.2, 0.25) is 11.8 Å². The van der Waals surface area contributed by atoms with E-state index in [1.165, 1.54) is 0 Å². The molecule has 1 aromatic rings. The van der Waals surface area contributed by atoms with Gasteiger partial charge in [0.05, 0.1) is 0 Å². The van der Waals surface area contributed by atoms with Gasteiger partial charge in [0.15, 0.2) is 0 Å². The van der Waals surface area contributed by atoms with Crippen LogP contribution in [0.25, 0.3) is 0 Å². The van der Waals surface area contributed by atoms with Crippen LogP contribution in [-0.4, -0.2) is 45.3 Å². The Morgan fingerprint density at radius 2 is 1.52 bits per heavy atom. The summed E-state index contributed by atoms with van der Waals surface area (Å²) in [5, 5.41) is 4.76. The van der Waals surface area contributed by atoms with Gasteiger partial charge >= 0.3 is 13.8 Å². The molecule has 0 heterocycles. The molecular formula is C19H26F3N2O6P. The van der Waals surface area contributed by atoms with E-state index < -0.39 is 54.6 Å². The highest BCUT2D eigenvalue weighted by molar-refractivity contribution is 7.53. The fourth-order valence-corrected chi connectivity index (χ4v) is 3.79. The van der Waals surface area contributed by atoms with Gasteiger partial charge in [-0.1, -0.05) is 27.7 Å². The highest BCUT2D eigenvalue weighted by Crippen LogP contribution is 2.44. The van der Waals surface area contributed by atoms with E-state index in [4.69, 9.17) is 0 Å². The van der Waals surface area contributed by atoms with Crippen molar-refractivity contribution in [2.75, 3.05) is 5.32 Å². The van der Waals surface area contributed by atoms with Gasteiger partial charge in [0.25, 0.3) is 5.78 Å². The fraction of sp³-hybridized carbons (Fsp3) is 0.526. The number of benzene rings is 1. The van der Waals surface area contributed by atoms with Crippen molar-refractivity contribution in [3.63, 3.8) is 0 Å². The van der Waals surface area contributed by atoms with Crippen LogP contribution in [0, 0.1) is 11.8 Å². The van der Waals surface area contributed by atoms with Crippen molar-refractivity contribution in [1.82, 2.24) is 5.32 Å². The first-order valence-electron chi connectivity index (χ1n) is 9.42. The van der Waals surface area contributed by atoms with E-state index in [0.29, 0.717) is 0 Å². The summed E-state index contributed by atoms with van der Waals surface area (Å²) < 4.78 is 49.1. The Hall–Kier alpha value is -2.23. The van der Waals surface area contributed by atoms with Gasteiger partial charge in [-0.3, -0.25) is 18.9 Å². The monoisotopic (exact) mass is 466 g/mol. The molecule has 2 amide bonds. The molecule has 8 nitrogen and oxygen atoms in total. The van der Waals surface area contributed by atoms with Crippen molar-refractivity contribution in [2.45, 2.75) is 52.0 Å². The molecule has 0 aliphatic carbocycles. The van der Waals surface area contributed by atoms with E-state index in [-0.39, 0.29) is 18.0 Å². The van der Waals surface area contributed by atoms with Crippen molar-refractivity contribution in [1.29, 1.82) is 0 Å². The zero-order valence-electron chi connectivity index (χ0n) is 17.4. The van der Waals surface area contributed by atoms with E-state index >= 15 is 0 Å². The summed E-state index contributed by atoms with van der Waals surface area (Å²) in [6, 6.07) is 2.85. The molecular weight excluding hydrogens is 440 g/mol. The number of carbonyl (C=O) groups excluding carboxylic acids is 3. The number of ketones is 1. The van der Waals surface area contributed by atoms with Gasteiger partial charge in [0, 0.05) is 11.3 Å². The van der Waals surface area contributed by atoms with Crippen LogP contribution in [0.3, 0.4) is 0 Å². The zero-order chi connectivity index (χ0) is 24.1. The summed E-state index contributed by atoms with van der Waals surface area (Å²) >= 11 is 0. The Morgan fingerprint density at radius 1 is 1.00 bits per heavy atom. The van der Waals surface area contributed by atoms with Crippen LogP contribution in [0.2, 0.25) is 0 Å². The zero-order valence-corrected chi connectivity index (χ0v) is 18.3. The molecule has 0 saturated carbocycles. The minimum atomic E-state index is -5.02. The van der Waals surface area contributed by atoms with Gasteiger partial charge in [0.1, 0.15) is 11.7 Å². The Labute approximate surface area is 177 Å². The van der Waals surface area contributed by atoms with E-state index in [1.807, 2.05) is 0 Å². The molecule has 0 unspecified atom stereocenters. The molecule has 0 aliphatic rings. The van der Waals surface area contributed by atoms with E-state index in [9.17, 15) is 41.9 Å². The van der Waals surface area contributed by atoms with E-state index in [2.05, 4.69) is 10.6 Å². The molecule has 0 saturated heterocycles. The SMILES string of the molecule is CC(C)C[C@H](C(=O)N[C@H](C(=O)Nc1ccc(C(=O)C(F)(F)F)cc1)C(C)C)P(=O)(O)O. The van der Waals surface area contributed by atoms with Crippen LogP contribution < -0.4 is 10.6 Å². The number of nitrogens with one attached hydrogen (secondary N) is 2. The van der Waals surface area contributed by atoms with Crippen molar-refractivity contribution in [3.8, 4) is 0 Å². The van der Waals surface area contributed by atoms with Crippen LogP contribution in [-0.2, 0) is 14.2 Å². The van der Waals surface area contributed by atoms with Gasteiger partial charge in [-0.15, -0.1) is 0 Å². The lowest BCUT2D eigenvalue weighted by atomic mass is 10.0. The molecule has 1 aromatic carbocycles. The average Bonchev–Trinajstić information content (AvgIpc) is 2.61. The van der Waals surface area contributed by atoms with Crippen LogP contribution in [0.5, 0.6) is 0 Å². The molecule has 0 radical (unpaired) electrons. The number of amides is 2. The maximum atomic E-state index is 12.6. The van der Waals surface area contributed by atoms with Crippen LogP contribution in [0.15, 0.2) is 24.3 Å². The number of hydrogen-bond acceptors (Lipinski definition) is 4. The Morgan fingerprint density at radius 3 is 1.90 bits per heavy atom. The number of Topliss-reactive ketones (excluding diaryl/α,β-unsaturated/α-hetero) is 1. The lowest BCUT2D eigenvalue weighted by Gasteiger charge is -2.26. The summed E-state index contributed by atoms with van der Waals surface area (Å²) in [4.78, 5) is 55.3. The van der Waals surface area contributed by atoms with Crippen LogP contribution in [0.1, 0.15) is 44.5 Å². The highest BCUT2D eigenvalue weighted by Gasteiger charge is 2.40. The van der Waals surface area contributed by atoms with Gasteiger partial charge in [-0.25, -0.2) is 0 Å². The van der Waals surface area contributed by atoms with Crippen LogP contribution in [0.4, 0.5) is 18.9 Å². The summed E-state index contributed by atoms with van der Waals surface area (Å²) in [5.74, 6) is -4.38. The molecule has 31 heavy (non-hydrogen) atoms. The maximum Gasteiger partial charge on any atom is 0.454 e. The third kappa shape index (κ3) is 8.08. The minimum absolute atomic E-state index is 0.0809. The van der Waals surface area contributed by atoms with Crippen molar-refractivity contribution in [2.24, 2.45) is 11.8 Å². The normalized spacial score (nSPS) is 14.3. The third-order valence-corrected chi connectivity index (χ3v) is 5.58. The summed E-state index contributed by atoms with van der Waals surface area (Å²) in [6.45, 7) is 6.58. The second-order valence-electron chi connectivity index (χ2n) is 7.86. The molecule has 0 aliphatic heterocycles.